The van der Waals surface area contributed by atoms with Crippen LogP contribution in [-0.4, -0.2) is 62.0 Å². The number of rotatable bonds is 8. The number of ether oxygens (including phenoxy) is 3. The molecule has 0 spiro atoms. The van der Waals surface area contributed by atoms with Gasteiger partial charge >= 0.3 is 12.1 Å². The van der Waals surface area contributed by atoms with Crippen molar-refractivity contribution in [3.63, 3.8) is 0 Å². The van der Waals surface area contributed by atoms with E-state index in [9.17, 15) is 9.59 Å². The van der Waals surface area contributed by atoms with Gasteiger partial charge in [-0.25, -0.2) is 4.79 Å². The summed E-state index contributed by atoms with van der Waals surface area (Å²) in [4.78, 5) is 25.4. The molecule has 2 fully saturated rings. The van der Waals surface area contributed by atoms with Crippen molar-refractivity contribution in [2.75, 3.05) is 33.4 Å². The van der Waals surface area contributed by atoms with E-state index in [0.29, 0.717) is 6.61 Å². The fourth-order valence-corrected chi connectivity index (χ4v) is 4.15. The zero-order valence-corrected chi connectivity index (χ0v) is 22.7. The van der Waals surface area contributed by atoms with Crippen LogP contribution < -0.4 is 10.1 Å². The first kappa shape index (κ1) is 28.5. The van der Waals surface area contributed by atoms with E-state index in [1.54, 1.807) is 0 Å². The van der Waals surface area contributed by atoms with E-state index in [4.69, 9.17) is 9.47 Å². The summed E-state index contributed by atoms with van der Waals surface area (Å²) in [5, 5.41) is 2.95. The van der Waals surface area contributed by atoms with Crippen molar-refractivity contribution in [2.45, 2.75) is 70.4 Å². The van der Waals surface area contributed by atoms with Crippen molar-refractivity contribution in [3.8, 4) is 5.75 Å². The van der Waals surface area contributed by atoms with Gasteiger partial charge in [-0.1, -0.05) is 42.5 Å². The van der Waals surface area contributed by atoms with E-state index in [0.717, 1.165) is 49.7 Å². The van der Waals surface area contributed by atoms with Gasteiger partial charge in [0.1, 0.15) is 18.0 Å². The molecule has 7 heteroatoms. The normalized spacial score (nSPS) is 16.2. The van der Waals surface area contributed by atoms with E-state index in [1.807, 2.05) is 45.0 Å². The van der Waals surface area contributed by atoms with Crippen LogP contribution in [0.5, 0.6) is 5.75 Å². The average Bonchev–Trinajstić information content (AvgIpc) is 3.72. The van der Waals surface area contributed by atoms with Crippen molar-refractivity contribution in [1.82, 2.24) is 10.2 Å². The molecule has 4 rings (SSSR count). The molecule has 1 amide bonds. The Balaban J connectivity index is 0.000000349. The lowest BCUT2D eigenvalue weighted by atomic mass is 10.1. The minimum absolute atomic E-state index is 0.161. The predicted molar refractivity (Wildman–Crippen MR) is 145 cm³/mol. The topological polar surface area (TPSA) is 77.1 Å². The van der Waals surface area contributed by atoms with E-state index < -0.39 is 5.60 Å². The van der Waals surface area contributed by atoms with Crippen LogP contribution in [0.25, 0.3) is 0 Å². The quantitative estimate of drug-likeness (QED) is 0.484. The Morgan fingerprint density at radius 2 is 1.59 bits per heavy atom. The standard InChI is InChI=1S/C21H32N2O5.C9H10/c1-21(2,3)28-20(25)22-17-9-11-23(12-10-17)13-14-27-18-7-5-16(6-8-18)15-19(24)26-4;1-2-4-8(5-3-1)9-6-7-9/h5-8,17H,9-15H2,1-4H3,(H,22,25);1-5,9H,6-7H2. The molecule has 0 unspecified atom stereocenters. The number of likely N-dealkylation sites (tertiary alicyclic amines) is 1. The average molecular weight is 511 g/mol. The fourth-order valence-electron chi connectivity index (χ4n) is 4.15. The van der Waals surface area contributed by atoms with Gasteiger partial charge in [-0.15, -0.1) is 0 Å². The second-order valence-electron chi connectivity index (χ2n) is 10.7. The number of hydrogen-bond donors (Lipinski definition) is 1. The lowest BCUT2D eigenvalue weighted by Crippen LogP contribution is -2.46. The lowest BCUT2D eigenvalue weighted by molar-refractivity contribution is -0.139. The van der Waals surface area contributed by atoms with Crippen LogP contribution in [0.2, 0.25) is 0 Å². The van der Waals surface area contributed by atoms with Crippen molar-refractivity contribution >= 4 is 12.1 Å². The molecule has 1 heterocycles. The van der Waals surface area contributed by atoms with Gasteiger partial charge in [0.2, 0.25) is 0 Å². The second-order valence-corrected chi connectivity index (χ2v) is 10.7. The van der Waals surface area contributed by atoms with Crippen LogP contribution in [0, 0.1) is 0 Å². The largest absolute Gasteiger partial charge is 0.492 e. The smallest absolute Gasteiger partial charge is 0.407 e. The third kappa shape index (κ3) is 11.3. The summed E-state index contributed by atoms with van der Waals surface area (Å²) in [6.07, 6.45) is 4.55. The van der Waals surface area contributed by atoms with E-state index in [1.165, 1.54) is 25.5 Å². The number of alkyl carbamates (subject to hydrolysis) is 1. The number of nitrogens with one attached hydrogen (secondary N) is 1. The first-order valence-corrected chi connectivity index (χ1v) is 13.3. The molecule has 1 saturated heterocycles. The number of piperidine rings is 1. The molecule has 37 heavy (non-hydrogen) atoms. The maximum Gasteiger partial charge on any atom is 0.407 e. The van der Waals surface area contributed by atoms with E-state index in [-0.39, 0.29) is 24.5 Å². The Hall–Kier alpha value is -3.06. The predicted octanol–water partition coefficient (Wildman–Crippen LogP) is 5.33. The summed E-state index contributed by atoms with van der Waals surface area (Å²) in [7, 11) is 1.39. The van der Waals surface area contributed by atoms with Gasteiger partial charge in [0, 0.05) is 25.7 Å². The van der Waals surface area contributed by atoms with Gasteiger partial charge in [0.05, 0.1) is 13.5 Å². The number of amides is 1. The number of carbonyl (C=O) groups excluding carboxylic acids is 2. The van der Waals surface area contributed by atoms with Crippen molar-refractivity contribution in [1.29, 1.82) is 0 Å². The van der Waals surface area contributed by atoms with Crippen LogP contribution in [0.1, 0.15) is 63.5 Å². The third-order valence-electron chi connectivity index (χ3n) is 6.33. The van der Waals surface area contributed by atoms with Crippen molar-refractivity contribution < 1.29 is 23.8 Å². The maximum atomic E-state index is 11.8. The monoisotopic (exact) mass is 510 g/mol. The Morgan fingerprint density at radius 1 is 0.946 bits per heavy atom. The van der Waals surface area contributed by atoms with Crippen molar-refractivity contribution in [3.05, 3.63) is 65.7 Å². The molecule has 0 aromatic heterocycles. The lowest BCUT2D eigenvalue weighted by Gasteiger charge is -2.32. The molecule has 1 N–H and O–H groups in total. The minimum atomic E-state index is -0.473. The highest BCUT2D eigenvalue weighted by molar-refractivity contribution is 5.72. The van der Waals surface area contributed by atoms with Gasteiger partial charge in [0.25, 0.3) is 0 Å². The summed E-state index contributed by atoms with van der Waals surface area (Å²) in [6, 6.07) is 18.4. The maximum absolute atomic E-state index is 11.8. The molecule has 2 aromatic carbocycles. The number of esters is 1. The first-order valence-electron chi connectivity index (χ1n) is 13.3. The molecular weight excluding hydrogens is 468 g/mol. The fraction of sp³-hybridized carbons (Fsp3) is 0.533. The molecule has 0 atom stereocenters. The zero-order valence-electron chi connectivity index (χ0n) is 22.7. The third-order valence-corrected chi connectivity index (χ3v) is 6.33. The summed E-state index contributed by atoms with van der Waals surface area (Å²) in [5.41, 5.74) is 1.95. The zero-order chi connectivity index (χ0) is 26.7. The Morgan fingerprint density at radius 3 is 2.16 bits per heavy atom. The highest BCUT2D eigenvalue weighted by Crippen LogP contribution is 2.39. The van der Waals surface area contributed by atoms with E-state index in [2.05, 4.69) is 45.3 Å². The summed E-state index contributed by atoms with van der Waals surface area (Å²) < 4.78 is 15.8. The molecule has 1 saturated carbocycles. The Bertz CT molecular complexity index is 960. The van der Waals surface area contributed by atoms with Gasteiger partial charge in [-0.05, 0) is 75.6 Å². The van der Waals surface area contributed by atoms with Crippen LogP contribution in [0.3, 0.4) is 0 Å². The van der Waals surface area contributed by atoms with E-state index >= 15 is 0 Å². The molecule has 7 nitrogen and oxygen atoms in total. The molecule has 0 radical (unpaired) electrons. The number of carbonyl (C=O) groups is 2. The first-order chi connectivity index (χ1) is 17.7. The Labute approximate surface area is 221 Å². The van der Waals surface area contributed by atoms with Crippen LogP contribution in [0.15, 0.2) is 54.6 Å². The second kappa shape index (κ2) is 14.0. The molecule has 1 aliphatic heterocycles. The molecule has 2 aliphatic rings. The highest BCUT2D eigenvalue weighted by Gasteiger charge is 2.24. The van der Waals surface area contributed by atoms with Crippen molar-refractivity contribution in [2.24, 2.45) is 0 Å². The number of hydrogen-bond acceptors (Lipinski definition) is 6. The van der Waals surface area contributed by atoms with Gasteiger partial charge in [-0.3, -0.25) is 9.69 Å². The Kier molecular flexibility index (Phi) is 10.8. The van der Waals surface area contributed by atoms with Crippen LogP contribution in [-0.2, 0) is 20.7 Å². The molecule has 1 aliphatic carbocycles. The number of benzene rings is 2. The summed E-state index contributed by atoms with van der Waals surface area (Å²) in [5.74, 6) is 1.44. The van der Waals surface area contributed by atoms with Gasteiger partial charge < -0.3 is 19.5 Å². The number of methoxy groups -OCH3 is 1. The highest BCUT2D eigenvalue weighted by atomic mass is 16.6. The minimum Gasteiger partial charge on any atom is -0.492 e. The molecule has 0 bridgehead atoms. The van der Waals surface area contributed by atoms with Crippen LogP contribution >= 0.6 is 0 Å². The SMILES string of the molecule is COC(=O)Cc1ccc(OCCN2CCC(NC(=O)OC(C)(C)C)CC2)cc1.c1ccc(C2CC2)cc1. The van der Waals surface area contributed by atoms with Gasteiger partial charge in [0.15, 0.2) is 0 Å². The molecule has 202 valence electrons. The summed E-state index contributed by atoms with van der Waals surface area (Å²) in [6.45, 7) is 8.86. The molecular formula is C30H42N2O5. The number of nitrogens with zero attached hydrogens (tertiary/aromatic N) is 1. The van der Waals surface area contributed by atoms with Crippen LogP contribution in [0.4, 0.5) is 4.79 Å². The molecule has 2 aromatic rings. The van der Waals surface area contributed by atoms with Gasteiger partial charge in [-0.2, -0.15) is 0 Å². The summed E-state index contributed by atoms with van der Waals surface area (Å²) >= 11 is 0.